The first-order valence-electron chi connectivity index (χ1n) is 7.39. The fourth-order valence-corrected chi connectivity index (χ4v) is 3.55. The minimum atomic E-state index is 0.792. The topological polar surface area (TPSA) is 39.1 Å². The SMILES string of the molecule is N#Cc1ccc(CNCCCN2CCc3ccccc32)s1. The van der Waals surface area contributed by atoms with E-state index < -0.39 is 0 Å². The van der Waals surface area contributed by atoms with Crippen molar-refractivity contribution in [2.24, 2.45) is 0 Å². The van der Waals surface area contributed by atoms with Gasteiger partial charge in [0, 0.05) is 30.2 Å². The number of benzene rings is 1. The monoisotopic (exact) mass is 297 g/mol. The van der Waals surface area contributed by atoms with Crippen molar-refractivity contribution in [3.05, 3.63) is 51.7 Å². The van der Waals surface area contributed by atoms with Crippen molar-refractivity contribution in [2.45, 2.75) is 19.4 Å². The van der Waals surface area contributed by atoms with E-state index in [1.807, 2.05) is 12.1 Å². The zero-order chi connectivity index (χ0) is 14.5. The molecule has 0 unspecified atom stereocenters. The minimum Gasteiger partial charge on any atom is -0.371 e. The van der Waals surface area contributed by atoms with Crippen LogP contribution in [0.5, 0.6) is 0 Å². The van der Waals surface area contributed by atoms with Crippen molar-refractivity contribution >= 4 is 17.0 Å². The number of fused-ring (bicyclic) bond motifs is 1. The Morgan fingerprint density at radius 1 is 1.24 bits per heavy atom. The van der Waals surface area contributed by atoms with E-state index in [2.05, 4.69) is 40.6 Å². The van der Waals surface area contributed by atoms with E-state index in [9.17, 15) is 0 Å². The normalized spacial score (nSPS) is 13.2. The van der Waals surface area contributed by atoms with Crippen molar-refractivity contribution in [3.63, 3.8) is 0 Å². The molecule has 0 spiro atoms. The molecule has 1 aliphatic heterocycles. The third-order valence-electron chi connectivity index (χ3n) is 3.84. The van der Waals surface area contributed by atoms with E-state index in [1.54, 1.807) is 11.3 Å². The number of hydrogen-bond donors (Lipinski definition) is 1. The second-order valence-electron chi connectivity index (χ2n) is 5.27. The van der Waals surface area contributed by atoms with Crippen LogP contribution in [-0.2, 0) is 13.0 Å². The molecule has 1 aromatic heterocycles. The average Bonchev–Trinajstić information content (AvgIpc) is 3.14. The molecule has 0 aliphatic carbocycles. The van der Waals surface area contributed by atoms with Crippen LogP contribution in [0.25, 0.3) is 0 Å². The van der Waals surface area contributed by atoms with Crippen molar-refractivity contribution in [3.8, 4) is 6.07 Å². The zero-order valence-corrected chi connectivity index (χ0v) is 12.8. The summed E-state index contributed by atoms with van der Waals surface area (Å²) in [5.74, 6) is 0. The minimum absolute atomic E-state index is 0.792. The smallest absolute Gasteiger partial charge is 0.110 e. The van der Waals surface area contributed by atoms with Crippen LogP contribution in [-0.4, -0.2) is 19.6 Å². The van der Waals surface area contributed by atoms with Gasteiger partial charge in [0.05, 0.1) is 0 Å². The molecule has 1 aliphatic rings. The Hall–Kier alpha value is -1.83. The standard InChI is InChI=1S/C17H19N3S/c18-12-15-6-7-16(21-15)13-19-9-3-10-20-11-8-14-4-1-2-5-17(14)20/h1-2,4-7,19H,3,8-11,13H2. The Labute approximate surface area is 129 Å². The number of para-hydroxylation sites is 1. The number of anilines is 1. The van der Waals surface area contributed by atoms with Gasteiger partial charge in [0.15, 0.2) is 0 Å². The molecular formula is C17H19N3S. The predicted octanol–water partition coefficient (Wildman–Crippen LogP) is 3.16. The van der Waals surface area contributed by atoms with Gasteiger partial charge in [0.1, 0.15) is 10.9 Å². The van der Waals surface area contributed by atoms with Gasteiger partial charge in [0.2, 0.25) is 0 Å². The largest absolute Gasteiger partial charge is 0.371 e. The molecule has 3 rings (SSSR count). The highest BCUT2D eigenvalue weighted by molar-refractivity contribution is 7.12. The fourth-order valence-electron chi connectivity index (χ4n) is 2.78. The van der Waals surface area contributed by atoms with Crippen LogP contribution < -0.4 is 10.2 Å². The summed E-state index contributed by atoms with van der Waals surface area (Å²) in [6, 6.07) is 14.8. The van der Waals surface area contributed by atoms with Crippen LogP contribution in [0.1, 0.15) is 21.7 Å². The number of hydrogen-bond acceptors (Lipinski definition) is 4. The Balaban J connectivity index is 1.39. The predicted molar refractivity (Wildman–Crippen MR) is 87.7 cm³/mol. The zero-order valence-electron chi connectivity index (χ0n) is 12.0. The van der Waals surface area contributed by atoms with E-state index in [0.717, 1.165) is 37.5 Å². The van der Waals surface area contributed by atoms with E-state index in [4.69, 9.17) is 5.26 Å². The highest BCUT2D eigenvalue weighted by Gasteiger charge is 2.17. The maximum atomic E-state index is 8.80. The molecule has 2 aromatic rings. The molecule has 108 valence electrons. The highest BCUT2D eigenvalue weighted by atomic mass is 32.1. The quantitative estimate of drug-likeness (QED) is 0.832. The van der Waals surface area contributed by atoms with Crippen molar-refractivity contribution in [1.29, 1.82) is 5.26 Å². The molecule has 0 amide bonds. The summed E-state index contributed by atoms with van der Waals surface area (Å²) in [6.07, 6.45) is 2.32. The second kappa shape index (κ2) is 6.75. The second-order valence-corrected chi connectivity index (χ2v) is 6.44. The number of nitrogens with one attached hydrogen (secondary N) is 1. The summed E-state index contributed by atoms with van der Waals surface area (Å²) in [4.78, 5) is 4.51. The maximum Gasteiger partial charge on any atom is 0.110 e. The van der Waals surface area contributed by atoms with E-state index in [1.165, 1.54) is 22.5 Å². The number of rotatable bonds is 6. The first kappa shape index (κ1) is 14.1. The summed E-state index contributed by atoms with van der Waals surface area (Å²) in [5, 5.41) is 12.3. The molecule has 1 aromatic carbocycles. The summed E-state index contributed by atoms with van der Waals surface area (Å²) in [7, 11) is 0. The van der Waals surface area contributed by atoms with Gasteiger partial charge in [-0.15, -0.1) is 11.3 Å². The van der Waals surface area contributed by atoms with Crippen molar-refractivity contribution < 1.29 is 0 Å². The highest BCUT2D eigenvalue weighted by Crippen LogP contribution is 2.27. The van der Waals surface area contributed by atoms with Gasteiger partial charge in [-0.2, -0.15) is 5.26 Å². The summed E-state index contributed by atoms with van der Waals surface area (Å²) in [6.45, 7) is 4.13. The molecule has 0 saturated carbocycles. The summed E-state index contributed by atoms with van der Waals surface area (Å²) < 4.78 is 0. The first-order valence-corrected chi connectivity index (χ1v) is 8.21. The van der Waals surface area contributed by atoms with E-state index in [-0.39, 0.29) is 0 Å². The third kappa shape index (κ3) is 3.44. The lowest BCUT2D eigenvalue weighted by molar-refractivity contribution is 0.642. The van der Waals surface area contributed by atoms with Crippen LogP contribution in [0, 0.1) is 11.3 Å². The molecule has 2 heterocycles. The lowest BCUT2D eigenvalue weighted by atomic mass is 10.2. The van der Waals surface area contributed by atoms with E-state index >= 15 is 0 Å². The van der Waals surface area contributed by atoms with Gasteiger partial charge in [-0.3, -0.25) is 0 Å². The van der Waals surface area contributed by atoms with Crippen LogP contribution in [0.2, 0.25) is 0 Å². The summed E-state index contributed by atoms with van der Waals surface area (Å²) >= 11 is 1.57. The Bertz CT molecular complexity index is 641. The van der Waals surface area contributed by atoms with Gasteiger partial charge in [-0.05, 0) is 43.1 Å². The third-order valence-corrected chi connectivity index (χ3v) is 4.83. The maximum absolute atomic E-state index is 8.80. The van der Waals surface area contributed by atoms with Crippen LogP contribution in [0.15, 0.2) is 36.4 Å². The molecule has 0 bridgehead atoms. The van der Waals surface area contributed by atoms with Gasteiger partial charge in [0.25, 0.3) is 0 Å². The molecule has 0 radical (unpaired) electrons. The lowest BCUT2D eigenvalue weighted by Crippen LogP contribution is -2.25. The lowest BCUT2D eigenvalue weighted by Gasteiger charge is -2.19. The van der Waals surface area contributed by atoms with Crippen LogP contribution in [0.4, 0.5) is 5.69 Å². The van der Waals surface area contributed by atoms with Gasteiger partial charge in [-0.25, -0.2) is 0 Å². The average molecular weight is 297 g/mol. The Kier molecular flexibility index (Phi) is 4.54. The van der Waals surface area contributed by atoms with Gasteiger partial charge < -0.3 is 10.2 Å². The Morgan fingerprint density at radius 2 is 2.14 bits per heavy atom. The van der Waals surface area contributed by atoms with Crippen molar-refractivity contribution in [2.75, 3.05) is 24.5 Å². The molecule has 0 atom stereocenters. The fraction of sp³-hybridized carbons (Fsp3) is 0.353. The number of nitrogens with zero attached hydrogens (tertiary/aromatic N) is 2. The number of thiophene rings is 1. The van der Waals surface area contributed by atoms with Gasteiger partial charge >= 0.3 is 0 Å². The van der Waals surface area contributed by atoms with Gasteiger partial charge in [-0.1, -0.05) is 18.2 Å². The number of nitriles is 1. The molecule has 0 saturated heterocycles. The molecule has 0 fully saturated rings. The van der Waals surface area contributed by atoms with Crippen LogP contribution >= 0.6 is 11.3 Å². The van der Waals surface area contributed by atoms with E-state index in [0.29, 0.717) is 0 Å². The molecule has 1 N–H and O–H groups in total. The summed E-state index contributed by atoms with van der Waals surface area (Å²) in [5.41, 5.74) is 2.89. The molecule has 4 heteroatoms. The van der Waals surface area contributed by atoms with Crippen molar-refractivity contribution in [1.82, 2.24) is 5.32 Å². The first-order chi connectivity index (χ1) is 10.4. The molecule has 3 nitrogen and oxygen atoms in total. The Morgan fingerprint density at radius 3 is 3.00 bits per heavy atom. The molecule has 21 heavy (non-hydrogen) atoms. The van der Waals surface area contributed by atoms with Crippen LogP contribution in [0.3, 0.4) is 0 Å². The molecular weight excluding hydrogens is 278 g/mol.